The van der Waals surface area contributed by atoms with Crippen molar-refractivity contribution in [1.29, 1.82) is 0 Å². The molecule has 6 nitrogen and oxygen atoms in total. The molecule has 3 rings (SSSR count). The first-order chi connectivity index (χ1) is 12.5. The van der Waals surface area contributed by atoms with Gasteiger partial charge in [0.2, 0.25) is 11.8 Å². The second kappa shape index (κ2) is 7.63. The lowest BCUT2D eigenvalue weighted by atomic mass is 10.1. The number of hydrogen-bond acceptors (Lipinski definition) is 5. The number of fused-ring (bicyclic) bond motifs is 1. The van der Waals surface area contributed by atoms with Crippen LogP contribution in [0.5, 0.6) is 5.88 Å². The number of anilines is 1. The molecule has 0 spiro atoms. The fourth-order valence-corrected chi connectivity index (χ4v) is 3.11. The minimum absolute atomic E-state index is 0.0296. The second-order valence-corrected chi connectivity index (χ2v) is 6.15. The molecular weight excluding hydrogens is 342 g/mol. The number of pyridine rings is 2. The van der Waals surface area contributed by atoms with Gasteiger partial charge in [0, 0.05) is 31.4 Å². The molecule has 8 heteroatoms. The summed E-state index contributed by atoms with van der Waals surface area (Å²) in [6.45, 7) is 1.94. The van der Waals surface area contributed by atoms with E-state index in [9.17, 15) is 13.6 Å². The number of aryl methyl sites for hydroxylation is 1. The number of alkyl halides is 1. The minimum Gasteiger partial charge on any atom is -0.481 e. The summed E-state index contributed by atoms with van der Waals surface area (Å²) in [5.74, 6) is -0.907. The van der Waals surface area contributed by atoms with Gasteiger partial charge in [-0.15, -0.1) is 0 Å². The Morgan fingerprint density at radius 1 is 1.38 bits per heavy atom. The van der Waals surface area contributed by atoms with E-state index in [2.05, 4.69) is 15.3 Å². The molecule has 0 radical (unpaired) electrons. The van der Waals surface area contributed by atoms with E-state index in [0.717, 1.165) is 17.4 Å². The van der Waals surface area contributed by atoms with Gasteiger partial charge in [0.1, 0.15) is 12.5 Å². The maximum Gasteiger partial charge on any atom is 0.231 e. The molecule has 0 saturated heterocycles. The van der Waals surface area contributed by atoms with Crippen molar-refractivity contribution in [1.82, 2.24) is 15.3 Å². The van der Waals surface area contributed by atoms with Crippen molar-refractivity contribution in [3.05, 3.63) is 47.2 Å². The normalized spacial score (nSPS) is 15.7. The molecule has 0 saturated carbocycles. The molecule has 1 atom stereocenters. The highest BCUT2D eigenvalue weighted by atomic mass is 19.1. The van der Waals surface area contributed by atoms with Crippen LogP contribution in [0.4, 0.5) is 14.5 Å². The number of methoxy groups -OCH3 is 1. The van der Waals surface area contributed by atoms with Crippen molar-refractivity contribution < 1.29 is 18.3 Å². The van der Waals surface area contributed by atoms with E-state index in [1.165, 1.54) is 13.2 Å². The average Bonchev–Trinajstić information content (AvgIpc) is 2.97. The summed E-state index contributed by atoms with van der Waals surface area (Å²) in [6, 6.07) is 3.30. The number of rotatable bonds is 6. The summed E-state index contributed by atoms with van der Waals surface area (Å²) < 4.78 is 31.2. The molecular formula is C18H20F2N4O2. The van der Waals surface area contributed by atoms with E-state index < -0.39 is 18.4 Å². The standard InChI is InChI=1S/C18H20F2N4O2/c1-11-5-15-16(22-7-11)14(17(25)21-4-3-19)10-24(15)9-12-6-13(20)8-23-18(12)26-2/h5-8,14H,3-4,9-10H2,1-2H3,(H,21,25). The third-order valence-corrected chi connectivity index (χ3v) is 4.26. The zero-order valence-electron chi connectivity index (χ0n) is 14.6. The first kappa shape index (κ1) is 18.0. The summed E-state index contributed by atoms with van der Waals surface area (Å²) in [5, 5.41) is 2.57. The predicted molar refractivity (Wildman–Crippen MR) is 92.5 cm³/mol. The quantitative estimate of drug-likeness (QED) is 0.853. The Bertz CT molecular complexity index is 816. The van der Waals surface area contributed by atoms with Gasteiger partial charge in [0.15, 0.2) is 0 Å². The minimum atomic E-state index is -0.623. The number of nitrogens with zero attached hydrogens (tertiary/aromatic N) is 3. The third kappa shape index (κ3) is 3.58. The SMILES string of the molecule is COc1ncc(F)cc1CN1CC(C(=O)NCCF)c2ncc(C)cc21. The van der Waals surface area contributed by atoms with E-state index in [1.807, 2.05) is 17.9 Å². The molecule has 0 fully saturated rings. The van der Waals surface area contributed by atoms with Crippen LogP contribution in [0.1, 0.15) is 22.7 Å². The van der Waals surface area contributed by atoms with Gasteiger partial charge in [-0.3, -0.25) is 9.78 Å². The molecule has 1 aliphatic rings. The summed E-state index contributed by atoms with van der Waals surface area (Å²) in [5.41, 5.74) is 2.96. The van der Waals surface area contributed by atoms with E-state index in [-0.39, 0.29) is 12.5 Å². The molecule has 1 aliphatic heterocycles. The maximum atomic E-state index is 13.6. The third-order valence-electron chi connectivity index (χ3n) is 4.26. The van der Waals surface area contributed by atoms with Crippen LogP contribution >= 0.6 is 0 Å². The van der Waals surface area contributed by atoms with Crippen LogP contribution < -0.4 is 15.0 Å². The molecule has 3 heterocycles. The van der Waals surface area contributed by atoms with Crippen LogP contribution in [0.25, 0.3) is 0 Å². The Hall–Kier alpha value is -2.77. The van der Waals surface area contributed by atoms with Gasteiger partial charge in [-0.05, 0) is 24.6 Å². The Labute approximate surface area is 150 Å². The number of amides is 1. The number of ether oxygens (including phenoxy) is 1. The molecule has 2 aromatic rings. The van der Waals surface area contributed by atoms with Crippen LogP contribution in [0.15, 0.2) is 24.5 Å². The van der Waals surface area contributed by atoms with Gasteiger partial charge in [0.05, 0.1) is 30.6 Å². The van der Waals surface area contributed by atoms with Crippen molar-refractivity contribution in [2.75, 3.05) is 31.8 Å². The molecule has 1 unspecified atom stereocenters. The topological polar surface area (TPSA) is 67.3 Å². The number of aromatic nitrogens is 2. The molecule has 1 N–H and O–H groups in total. The fourth-order valence-electron chi connectivity index (χ4n) is 3.11. The highest BCUT2D eigenvalue weighted by Gasteiger charge is 2.35. The van der Waals surface area contributed by atoms with Gasteiger partial charge < -0.3 is 15.0 Å². The van der Waals surface area contributed by atoms with Gasteiger partial charge in [-0.25, -0.2) is 13.8 Å². The number of halogens is 2. The monoisotopic (exact) mass is 362 g/mol. The zero-order valence-corrected chi connectivity index (χ0v) is 14.6. The van der Waals surface area contributed by atoms with E-state index in [4.69, 9.17) is 4.74 Å². The number of hydrogen-bond donors (Lipinski definition) is 1. The fraction of sp³-hybridized carbons (Fsp3) is 0.389. The Morgan fingerprint density at radius 3 is 2.92 bits per heavy atom. The van der Waals surface area contributed by atoms with Crippen LogP contribution in [-0.2, 0) is 11.3 Å². The highest BCUT2D eigenvalue weighted by Crippen LogP contribution is 2.37. The smallest absolute Gasteiger partial charge is 0.231 e. The van der Waals surface area contributed by atoms with Gasteiger partial charge in [0.25, 0.3) is 0 Å². The molecule has 1 amide bonds. The Balaban J connectivity index is 1.91. The number of carbonyl (C=O) groups is 1. The van der Waals surface area contributed by atoms with Crippen molar-refractivity contribution in [3.63, 3.8) is 0 Å². The van der Waals surface area contributed by atoms with Crippen molar-refractivity contribution in [2.24, 2.45) is 0 Å². The van der Waals surface area contributed by atoms with Crippen molar-refractivity contribution >= 4 is 11.6 Å². The second-order valence-electron chi connectivity index (χ2n) is 6.15. The molecule has 2 aromatic heterocycles. The van der Waals surface area contributed by atoms with Crippen LogP contribution in [0.3, 0.4) is 0 Å². The predicted octanol–water partition coefficient (Wildman–Crippen LogP) is 2.12. The van der Waals surface area contributed by atoms with Gasteiger partial charge >= 0.3 is 0 Å². The molecule has 0 aliphatic carbocycles. The zero-order chi connectivity index (χ0) is 18.7. The summed E-state index contributed by atoms with van der Waals surface area (Å²) in [7, 11) is 1.47. The lowest BCUT2D eigenvalue weighted by Crippen LogP contribution is -2.34. The molecule has 138 valence electrons. The average molecular weight is 362 g/mol. The number of carbonyl (C=O) groups excluding carboxylic acids is 1. The first-order valence-electron chi connectivity index (χ1n) is 8.27. The summed E-state index contributed by atoms with van der Waals surface area (Å²) in [4.78, 5) is 22.7. The number of nitrogens with one attached hydrogen (secondary N) is 1. The maximum absolute atomic E-state index is 13.6. The lowest BCUT2D eigenvalue weighted by Gasteiger charge is -2.21. The summed E-state index contributed by atoms with van der Waals surface area (Å²) >= 11 is 0. The van der Waals surface area contributed by atoms with Gasteiger partial charge in [-0.2, -0.15) is 0 Å². The van der Waals surface area contributed by atoms with Crippen molar-refractivity contribution in [2.45, 2.75) is 19.4 Å². The molecule has 0 aromatic carbocycles. The van der Waals surface area contributed by atoms with E-state index in [0.29, 0.717) is 30.2 Å². The van der Waals surface area contributed by atoms with Crippen LogP contribution in [0.2, 0.25) is 0 Å². The Kier molecular flexibility index (Phi) is 5.29. The summed E-state index contributed by atoms with van der Waals surface area (Å²) in [6.07, 6.45) is 2.79. The van der Waals surface area contributed by atoms with Crippen LogP contribution in [0, 0.1) is 12.7 Å². The van der Waals surface area contributed by atoms with Crippen LogP contribution in [-0.4, -0.2) is 42.7 Å². The first-order valence-corrected chi connectivity index (χ1v) is 8.27. The highest BCUT2D eigenvalue weighted by molar-refractivity contribution is 5.87. The molecule has 0 bridgehead atoms. The van der Waals surface area contributed by atoms with Crippen molar-refractivity contribution in [3.8, 4) is 5.88 Å². The van der Waals surface area contributed by atoms with E-state index >= 15 is 0 Å². The lowest BCUT2D eigenvalue weighted by molar-refractivity contribution is -0.122. The van der Waals surface area contributed by atoms with E-state index in [1.54, 1.807) is 6.20 Å². The Morgan fingerprint density at radius 2 is 2.19 bits per heavy atom. The molecule has 26 heavy (non-hydrogen) atoms. The van der Waals surface area contributed by atoms with Gasteiger partial charge in [-0.1, -0.05) is 0 Å². The largest absolute Gasteiger partial charge is 0.481 e.